The van der Waals surface area contributed by atoms with Crippen LogP contribution in [0.4, 0.5) is 5.69 Å². The molecule has 4 heteroatoms. The van der Waals surface area contributed by atoms with E-state index in [4.69, 9.17) is 0 Å². The minimum absolute atomic E-state index is 0.488. The molecule has 1 aromatic heterocycles. The van der Waals surface area contributed by atoms with E-state index in [1.165, 1.54) is 43.6 Å². The fourth-order valence-electron chi connectivity index (χ4n) is 2.84. The molecule has 2 unspecified atom stereocenters. The third kappa shape index (κ3) is 3.05. The van der Waals surface area contributed by atoms with Crippen molar-refractivity contribution in [2.75, 3.05) is 11.9 Å². The summed E-state index contributed by atoms with van der Waals surface area (Å²) in [5.74, 6) is 0. The zero-order chi connectivity index (χ0) is 13.1. The van der Waals surface area contributed by atoms with Crippen LogP contribution in [0.2, 0.25) is 0 Å². The molecule has 2 atom stereocenters. The highest BCUT2D eigenvalue weighted by atomic mass is 15.3. The van der Waals surface area contributed by atoms with E-state index in [2.05, 4.69) is 36.5 Å². The molecule has 1 aliphatic heterocycles. The lowest BCUT2D eigenvalue weighted by molar-refractivity contribution is 0.371. The van der Waals surface area contributed by atoms with Gasteiger partial charge in [0.15, 0.2) is 0 Å². The van der Waals surface area contributed by atoms with Gasteiger partial charge in [-0.1, -0.05) is 6.42 Å². The van der Waals surface area contributed by atoms with E-state index in [-0.39, 0.29) is 0 Å². The molecule has 4 nitrogen and oxygen atoms in total. The normalized spacial score (nSPS) is 21.9. The Morgan fingerprint density at radius 1 is 1.44 bits per heavy atom. The molecule has 0 bridgehead atoms. The van der Waals surface area contributed by atoms with Crippen LogP contribution >= 0.6 is 0 Å². The first kappa shape index (κ1) is 13.4. The van der Waals surface area contributed by atoms with Crippen LogP contribution in [-0.2, 0) is 7.05 Å². The molecule has 0 aromatic carbocycles. The lowest BCUT2D eigenvalue weighted by Gasteiger charge is -2.27. The van der Waals surface area contributed by atoms with Crippen molar-refractivity contribution in [2.24, 2.45) is 7.05 Å². The molecule has 1 aliphatic rings. The Morgan fingerprint density at radius 2 is 2.22 bits per heavy atom. The van der Waals surface area contributed by atoms with Crippen LogP contribution in [0.15, 0.2) is 0 Å². The summed E-state index contributed by atoms with van der Waals surface area (Å²) in [5.41, 5.74) is 3.52. The first-order valence-corrected chi connectivity index (χ1v) is 7.08. The Balaban J connectivity index is 1.91. The summed E-state index contributed by atoms with van der Waals surface area (Å²) in [6.45, 7) is 7.64. The standard InChI is InChI=1S/C14H26N4/c1-10(9-13-7-5-6-8-15-13)16-14-11(2)17-18(4)12(14)3/h10,13,15-16H,5-9H2,1-4H3. The van der Waals surface area contributed by atoms with Crippen LogP contribution in [0.3, 0.4) is 0 Å². The topological polar surface area (TPSA) is 41.9 Å². The fourth-order valence-corrected chi connectivity index (χ4v) is 2.84. The molecule has 1 saturated heterocycles. The molecule has 1 fully saturated rings. The molecule has 102 valence electrons. The molecule has 2 heterocycles. The van der Waals surface area contributed by atoms with Crippen molar-refractivity contribution in [3.63, 3.8) is 0 Å². The number of nitrogens with one attached hydrogen (secondary N) is 2. The maximum atomic E-state index is 4.45. The highest BCUT2D eigenvalue weighted by Gasteiger charge is 2.17. The summed E-state index contributed by atoms with van der Waals surface area (Å²) in [6, 6.07) is 1.17. The fraction of sp³-hybridized carbons (Fsp3) is 0.786. The van der Waals surface area contributed by atoms with Crippen molar-refractivity contribution in [2.45, 2.75) is 58.5 Å². The van der Waals surface area contributed by atoms with E-state index in [1.807, 2.05) is 11.7 Å². The highest BCUT2D eigenvalue weighted by molar-refractivity contribution is 5.52. The zero-order valence-corrected chi connectivity index (χ0v) is 12.1. The van der Waals surface area contributed by atoms with Gasteiger partial charge in [0.2, 0.25) is 0 Å². The molecule has 2 N–H and O–H groups in total. The van der Waals surface area contributed by atoms with E-state index in [0.29, 0.717) is 12.1 Å². The SMILES string of the molecule is Cc1nn(C)c(C)c1NC(C)CC1CCCCN1. The van der Waals surface area contributed by atoms with E-state index in [1.54, 1.807) is 0 Å². The van der Waals surface area contributed by atoms with E-state index in [9.17, 15) is 0 Å². The number of rotatable bonds is 4. The summed E-state index contributed by atoms with van der Waals surface area (Å²) in [4.78, 5) is 0. The summed E-state index contributed by atoms with van der Waals surface area (Å²) < 4.78 is 1.95. The smallest absolute Gasteiger partial charge is 0.0827 e. The number of aromatic nitrogens is 2. The first-order chi connectivity index (χ1) is 8.58. The van der Waals surface area contributed by atoms with Crippen molar-refractivity contribution in [1.82, 2.24) is 15.1 Å². The minimum Gasteiger partial charge on any atom is -0.380 e. The van der Waals surface area contributed by atoms with Crippen molar-refractivity contribution in [1.29, 1.82) is 0 Å². The first-order valence-electron chi connectivity index (χ1n) is 7.08. The van der Waals surface area contributed by atoms with Crippen molar-refractivity contribution >= 4 is 5.69 Å². The van der Waals surface area contributed by atoms with Crippen LogP contribution in [-0.4, -0.2) is 28.4 Å². The van der Waals surface area contributed by atoms with Crippen LogP contribution in [0, 0.1) is 13.8 Å². The third-order valence-electron chi connectivity index (χ3n) is 3.95. The second-order valence-electron chi connectivity index (χ2n) is 5.60. The molecule has 0 spiro atoms. The van der Waals surface area contributed by atoms with Gasteiger partial charge in [0.25, 0.3) is 0 Å². The molecular weight excluding hydrogens is 224 g/mol. The number of nitrogens with zero attached hydrogens (tertiary/aromatic N) is 2. The number of hydrogen-bond donors (Lipinski definition) is 2. The van der Waals surface area contributed by atoms with Gasteiger partial charge in [-0.2, -0.15) is 5.10 Å². The van der Waals surface area contributed by atoms with Gasteiger partial charge in [0.05, 0.1) is 17.1 Å². The number of aryl methyl sites for hydroxylation is 2. The number of anilines is 1. The van der Waals surface area contributed by atoms with Crippen LogP contribution < -0.4 is 10.6 Å². The average molecular weight is 250 g/mol. The van der Waals surface area contributed by atoms with Crippen molar-refractivity contribution in [3.8, 4) is 0 Å². The monoisotopic (exact) mass is 250 g/mol. The Hall–Kier alpha value is -1.03. The van der Waals surface area contributed by atoms with Crippen molar-refractivity contribution in [3.05, 3.63) is 11.4 Å². The molecule has 18 heavy (non-hydrogen) atoms. The Labute approximate surface area is 110 Å². The molecule has 1 aromatic rings. The summed E-state index contributed by atoms with van der Waals surface area (Å²) in [7, 11) is 2.00. The maximum absolute atomic E-state index is 4.45. The predicted octanol–water partition coefficient (Wildman–Crippen LogP) is 2.37. The lowest BCUT2D eigenvalue weighted by atomic mass is 9.98. The molecular formula is C14H26N4. The number of piperidine rings is 1. The highest BCUT2D eigenvalue weighted by Crippen LogP contribution is 2.21. The van der Waals surface area contributed by atoms with Crippen LogP contribution in [0.5, 0.6) is 0 Å². The minimum atomic E-state index is 0.488. The maximum Gasteiger partial charge on any atom is 0.0827 e. The number of hydrogen-bond acceptors (Lipinski definition) is 3. The molecule has 2 rings (SSSR count). The van der Waals surface area contributed by atoms with Gasteiger partial charge in [-0.05, 0) is 46.6 Å². The van der Waals surface area contributed by atoms with E-state index >= 15 is 0 Å². The molecule has 0 aliphatic carbocycles. The summed E-state index contributed by atoms with van der Waals surface area (Å²) >= 11 is 0. The van der Waals surface area contributed by atoms with Gasteiger partial charge < -0.3 is 10.6 Å². The van der Waals surface area contributed by atoms with E-state index in [0.717, 1.165) is 5.69 Å². The summed E-state index contributed by atoms with van der Waals surface area (Å²) in [6.07, 6.45) is 5.21. The Bertz CT molecular complexity index is 391. The average Bonchev–Trinajstić information content (AvgIpc) is 2.57. The van der Waals surface area contributed by atoms with Gasteiger partial charge in [0, 0.05) is 19.1 Å². The summed E-state index contributed by atoms with van der Waals surface area (Å²) in [5, 5.41) is 11.7. The van der Waals surface area contributed by atoms with E-state index < -0.39 is 0 Å². The zero-order valence-electron chi connectivity index (χ0n) is 12.1. The third-order valence-corrected chi connectivity index (χ3v) is 3.95. The Morgan fingerprint density at radius 3 is 2.78 bits per heavy atom. The van der Waals surface area contributed by atoms with Crippen molar-refractivity contribution < 1.29 is 0 Å². The lowest BCUT2D eigenvalue weighted by Crippen LogP contribution is -2.37. The van der Waals surface area contributed by atoms with Gasteiger partial charge in [0.1, 0.15) is 0 Å². The quantitative estimate of drug-likeness (QED) is 0.862. The van der Waals surface area contributed by atoms with Gasteiger partial charge in [-0.25, -0.2) is 0 Å². The van der Waals surface area contributed by atoms with Crippen LogP contribution in [0.25, 0.3) is 0 Å². The second kappa shape index (κ2) is 5.74. The molecule has 0 saturated carbocycles. The van der Waals surface area contributed by atoms with Gasteiger partial charge in [-0.3, -0.25) is 4.68 Å². The molecule has 0 amide bonds. The van der Waals surface area contributed by atoms with Gasteiger partial charge in [-0.15, -0.1) is 0 Å². The molecule has 0 radical (unpaired) electrons. The second-order valence-corrected chi connectivity index (χ2v) is 5.60. The largest absolute Gasteiger partial charge is 0.380 e. The predicted molar refractivity (Wildman–Crippen MR) is 76.0 cm³/mol. The van der Waals surface area contributed by atoms with Crippen LogP contribution in [0.1, 0.15) is 44.0 Å². The van der Waals surface area contributed by atoms with Gasteiger partial charge >= 0.3 is 0 Å². The Kier molecular flexibility index (Phi) is 4.27.